The Labute approximate surface area is 138 Å². The number of benzene rings is 1. The number of piperidine rings is 1. The standard InChI is InChI=1S/C18H28N2O3/c1-23-12-2-9-19-18(22)17-5-3-15(4-6-17)13-20-10-7-16(14-21)8-11-20/h3-6,16,21H,2,7-14H2,1H3,(H,19,22). The van der Waals surface area contributed by atoms with Crippen LogP contribution < -0.4 is 5.32 Å². The maximum Gasteiger partial charge on any atom is 0.251 e. The zero-order chi connectivity index (χ0) is 16.5. The second-order valence-electron chi connectivity index (χ2n) is 6.20. The number of carbonyl (C=O) groups excluding carboxylic acids is 1. The molecule has 5 nitrogen and oxygen atoms in total. The van der Waals surface area contributed by atoms with Gasteiger partial charge in [-0.2, -0.15) is 0 Å². The molecule has 128 valence electrons. The molecule has 1 saturated heterocycles. The van der Waals surface area contributed by atoms with Gasteiger partial charge < -0.3 is 15.2 Å². The van der Waals surface area contributed by atoms with Crippen LogP contribution in [0.2, 0.25) is 0 Å². The van der Waals surface area contributed by atoms with E-state index in [1.54, 1.807) is 7.11 Å². The number of rotatable bonds is 8. The monoisotopic (exact) mass is 320 g/mol. The van der Waals surface area contributed by atoms with Gasteiger partial charge in [0.1, 0.15) is 0 Å². The zero-order valence-electron chi connectivity index (χ0n) is 14.0. The first-order valence-electron chi connectivity index (χ1n) is 8.42. The van der Waals surface area contributed by atoms with Crippen LogP contribution in [0.3, 0.4) is 0 Å². The smallest absolute Gasteiger partial charge is 0.251 e. The predicted octanol–water partition coefficient (Wildman–Crippen LogP) is 1.66. The van der Waals surface area contributed by atoms with Gasteiger partial charge >= 0.3 is 0 Å². The van der Waals surface area contributed by atoms with Crippen LogP contribution in [0, 0.1) is 5.92 Å². The third kappa shape index (κ3) is 5.94. The van der Waals surface area contributed by atoms with E-state index in [4.69, 9.17) is 4.74 Å². The molecule has 0 radical (unpaired) electrons. The third-order valence-corrected chi connectivity index (χ3v) is 4.40. The maximum atomic E-state index is 12.0. The van der Waals surface area contributed by atoms with Crippen molar-refractivity contribution in [2.45, 2.75) is 25.8 Å². The Balaban J connectivity index is 1.77. The molecule has 0 bridgehead atoms. The number of ether oxygens (including phenoxy) is 1. The Hall–Kier alpha value is -1.43. The van der Waals surface area contributed by atoms with Crippen molar-refractivity contribution in [2.24, 2.45) is 5.92 Å². The SMILES string of the molecule is COCCCNC(=O)c1ccc(CN2CCC(CO)CC2)cc1. The summed E-state index contributed by atoms with van der Waals surface area (Å²) < 4.78 is 4.96. The van der Waals surface area contributed by atoms with Crippen molar-refractivity contribution in [3.63, 3.8) is 0 Å². The van der Waals surface area contributed by atoms with Crippen LogP contribution in [-0.2, 0) is 11.3 Å². The van der Waals surface area contributed by atoms with Crippen molar-refractivity contribution in [3.05, 3.63) is 35.4 Å². The van der Waals surface area contributed by atoms with Crippen molar-refractivity contribution in [1.82, 2.24) is 10.2 Å². The fourth-order valence-electron chi connectivity index (χ4n) is 2.87. The van der Waals surface area contributed by atoms with Gasteiger partial charge in [-0.3, -0.25) is 9.69 Å². The van der Waals surface area contributed by atoms with E-state index < -0.39 is 0 Å². The van der Waals surface area contributed by atoms with E-state index >= 15 is 0 Å². The van der Waals surface area contributed by atoms with Gasteiger partial charge in [0.2, 0.25) is 0 Å². The van der Waals surface area contributed by atoms with E-state index in [2.05, 4.69) is 10.2 Å². The summed E-state index contributed by atoms with van der Waals surface area (Å²) in [4.78, 5) is 14.4. The molecule has 2 N–H and O–H groups in total. The van der Waals surface area contributed by atoms with Gasteiger partial charge in [-0.05, 0) is 56.0 Å². The molecule has 2 rings (SSSR count). The first kappa shape index (κ1) is 17.9. The minimum atomic E-state index is -0.0311. The molecule has 23 heavy (non-hydrogen) atoms. The fourth-order valence-corrected chi connectivity index (χ4v) is 2.87. The van der Waals surface area contributed by atoms with Crippen LogP contribution in [0.15, 0.2) is 24.3 Å². The number of nitrogens with zero attached hydrogens (tertiary/aromatic N) is 1. The molecule has 1 fully saturated rings. The van der Waals surface area contributed by atoms with Crippen LogP contribution >= 0.6 is 0 Å². The van der Waals surface area contributed by atoms with E-state index in [1.165, 1.54) is 5.56 Å². The number of aliphatic hydroxyl groups excluding tert-OH is 1. The first-order valence-corrected chi connectivity index (χ1v) is 8.42. The highest BCUT2D eigenvalue weighted by Crippen LogP contribution is 2.18. The van der Waals surface area contributed by atoms with Crippen LogP contribution in [-0.4, -0.2) is 55.9 Å². The summed E-state index contributed by atoms with van der Waals surface area (Å²) in [6, 6.07) is 7.84. The molecule has 1 aliphatic rings. The molecule has 5 heteroatoms. The van der Waals surface area contributed by atoms with Crippen molar-refractivity contribution in [2.75, 3.05) is 40.0 Å². The normalized spacial score (nSPS) is 16.4. The quantitative estimate of drug-likeness (QED) is 0.715. The lowest BCUT2D eigenvalue weighted by Gasteiger charge is -2.31. The highest BCUT2D eigenvalue weighted by Gasteiger charge is 2.18. The highest BCUT2D eigenvalue weighted by molar-refractivity contribution is 5.94. The number of methoxy groups -OCH3 is 1. The largest absolute Gasteiger partial charge is 0.396 e. The first-order chi connectivity index (χ1) is 11.2. The summed E-state index contributed by atoms with van der Waals surface area (Å²) >= 11 is 0. The van der Waals surface area contributed by atoms with E-state index in [9.17, 15) is 9.90 Å². The van der Waals surface area contributed by atoms with Crippen molar-refractivity contribution in [1.29, 1.82) is 0 Å². The second-order valence-corrected chi connectivity index (χ2v) is 6.20. The number of aliphatic hydroxyl groups is 1. The lowest BCUT2D eigenvalue weighted by molar-refractivity contribution is 0.0948. The summed E-state index contributed by atoms with van der Waals surface area (Å²) in [5, 5.41) is 12.1. The Morgan fingerprint density at radius 3 is 2.61 bits per heavy atom. The number of carbonyl (C=O) groups is 1. The van der Waals surface area contributed by atoms with Gasteiger partial charge in [0.05, 0.1) is 0 Å². The molecule has 0 saturated carbocycles. The van der Waals surface area contributed by atoms with Gasteiger partial charge in [-0.15, -0.1) is 0 Å². The number of nitrogens with one attached hydrogen (secondary N) is 1. The molecule has 1 aromatic rings. The molecule has 1 amide bonds. The predicted molar refractivity (Wildman–Crippen MR) is 90.4 cm³/mol. The minimum absolute atomic E-state index is 0.0311. The highest BCUT2D eigenvalue weighted by atomic mass is 16.5. The summed E-state index contributed by atoms with van der Waals surface area (Å²) in [6.07, 6.45) is 2.96. The Morgan fingerprint density at radius 1 is 1.30 bits per heavy atom. The fraction of sp³-hybridized carbons (Fsp3) is 0.611. The van der Waals surface area contributed by atoms with Crippen LogP contribution in [0.4, 0.5) is 0 Å². The van der Waals surface area contributed by atoms with E-state index in [1.807, 2.05) is 24.3 Å². The average molecular weight is 320 g/mol. The van der Waals surface area contributed by atoms with Crippen LogP contribution in [0.25, 0.3) is 0 Å². The van der Waals surface area contributed by atoms with Crippen LogP contribution in [0.1, 0.15) is 35.2 Å². The van der Waals surface area contributed by atoms with Crippen molar-refractivity contribution < 1.29 is 14.6 Å². The van der Waals surface area contributed by atoms with E-state index in [0.717, 1.165) is 38.9 Å². The summed E-state index contributed by atoms with van der Waals surface area (Å²) in [5.74, 6) is 0.437. The number of likely N-dealkylation sites (tertiary alicyclic amines) is 1. The van der Waals surface area contributed by atoms with Crippen molar-refractivity contribution >= 4 is 5.91 Å². The molecule has 1 heterocycles. The Kier molecular flexibility index (Phi) is 7.52. The molecular formula is C18H28N2O3. The Morgan fingerprint density at radius 2 is 2.00 bits per heavy atom. The minimum Gasteiger partial charge on any atom is -0.396 e. The second kappa shape index (κ2) is 9.65. The summed E-state index contributed by atoms with van der Waals surface area (Å²) in [5.41, 5.74) is 1.92. The van der Waals surface area contributed by atoms with Gasteiger partial charge in [0, 0.05) is 39.0 Å². The molecule has 0 unspecified atom stereocenters. The zero-order valence-corrected chi connectivity index (χ0v) is 14.0. The van der Waals surface area contributed by atoms with Gasteiger partial charge in [0.15, 0.2) is 0 Å². The van der Waals surface area contributed by atoms with Gasteiger partial charge in [-0.25, -0.2) is 0 Å². The third-order valence-electron chi connectivity index (χ3n) is 4.40. The molecule has 0 spiro atoms. The number of hydrogen-bond acceptors (Lipinski definition) is 4. The molecule has 0 aromatic heterocycles. The maximum absolute atomic E-state index is 12.0. The van der Waals surface area contributed by atoms with E-state index in [0.29, 0.717) is 31.2 Å². The number of amides is 1. The lowest BCUT2D eigenvalue weighted by atomic mass is 9.97. The number of hydrogen-bond donors (Lipinski definition) is 2. The van der Waals surface area contributed by atoms with Gasteiger partial charge in [0.25, 0.3) is 5.91 Å². The topological polar surface area (TPSA) is 61.8 Å². The lowest BCUT2D eigenvalue weighted by Crippen LogP contribution is -2.34. The average Bonchev–Trinajstić information content (AvgIpc) is 2.60. The molecule has 1 aliphatic heterocycles. The molecular weight excluding hydrogens is 292 g/mol. The molecule has 1 aromatic carbocycles. The van der Waals surface area contributed by atoms with Crippen LogP contribution in [0.5, 0.6) is 0 Å². The molecule has 0 aliphatic carbocycles. The summed E-state index contributed by atoms with van der Waals surface area (Å²) in [6.45, 7) is 4.58. The Bertz CT molecular complexity index is 468. The summed E-state index contributed by atoms with van der Waals surface area (Å²) in [7, 11) is 1.66. The van der Waals surface area contributed by atoms with Gasteiger partial charge in [-0.1, -0.05) is 12.1 Å². The molecule has 0 atom stereocenters. The van der Waals surface area contributed by atoms with E-state index in [-0.39, 0.29) is 5.91 Å². The van der Waals surface area contributed by atoms with Crippen molar-refractivity contribution in [3.8, 4) is 0 Å².